The van der Waals surface area contributed by atoms with Crippen LogP contribution in [-0.2, 0) is 10.9 Å². The molecular formula is C24H28F4N6O2. The van der Waals surface area contributed by atoms with Gasteiger partial charge in [-0.25, -0.2) is 19.2 Å². The Morgan fingerprint density at radius 1 is 1.25 bits per heavy atom. The molecule has 1 saturated heterocycles. The lowest BCUT2D eigenvalue weighted by molar-refractivity contribution is -0.139. The number of ether oxygens (including phenoxy) is 1. The van der Waals surface area contributed by atoms with Gasteiger partial charge in [0.1, 0.15) is 23.4 Å². The quantitative estimate of drug-likeness (QED) is 0.420. The van der Waals surface area contributed by atoms with Gasteiger partial charge in [0.25, 0.3) is 0 Å². The summed E-state index contributed by atoms with van der Waals surface area (Å²) in [5.41, 5.74) is -1.79. The van der Waals surface area contributed by atoms with Crippen LogP contribution in [0.1, 0.15) is 38.3 Å². The standard InChI is InChI=1S/C24H28F4N6O2/c1-14-10-29-19-17(14)20(32-13-31-19)34-9-8-23(12-34,33-21(35)36-22(2,3)4)11-30-16-7-5-6-15(18(16)25)24(26,27)28/h5-7,10,13,30H,8-9,11-12H2,1-4H3,(H,33,35)(H,29,31,32). The highest BCUT2D eigenvalue weighted by atomic mass is 19.4. The Labute approximate surface area is 205 Å². The molecule has 3 aromatic rings. The predicted molar refractivity (Wildman–Crippen MR) is 127 cm³/mol. The lowest BCUT2D eigenvalue weighted by Gasteiger charge is -2.33. The van der Waals surface area contributed by atoms with Crippen LogP contribution in [0.2, 0.25) is 0 Å². The highest BCUT2D eigenvalue weighted by molar-refractivity contribution is 5.90. The molecule has 1 unspecified atom stereocenters. The average molecular weight is 509 g/mol. The molecule has 0 aliphatic carbocycles. The van der Waals surface area contributed by atoms with E-state index in [1.165, 1.54) is 12.4 Å². The van der Waals surface area contributed by atoms with Crippen molar-refractivity contribution < 1.29 is 27.1 Å². The summed E-state index contributed by atoms with van der Waals surface area (Å²) in [6, 6.07) is 3.05. The summed E-state index contributed by atoms with van der Waals surface area (Å²) in [4.78, 5) is 26.5. The molecule has 3 N–H and O–H groups in total. The van der Waals surface area contributed by atoms with Crippen LogP contribution >= 0.6 is 0 Å². The third kappa shape index (κ3) is 5.31. The molecule has 194 valence electrons. The summed E-state index contributed by atoms with van der Waals surface area (Å²) in [6.07, 6.45) is -1.84. The Kier molecular flexibility index (Phi) is 6.48. The van der Waals surface area contributed by atoms with Crippen LogP contribution in [0.5, 0.6) is 0 Å². The summed E-state index contributed by atoms with van der Waals surface area (Å²) in [5.74, 6) is -0.732. The molecular weight excluding hydrogens is 480 g/mol. The molecule has 1 aliphatic heterocycles. The number of aromatic nitrogens is 3. The number of alkyl carbamates (subject to hydrolysis) is 1. The zero-order valence-electron chi connectivity index (χ0n) is 20.4. The third-order valence-electron chi connectivity index (χ3n) is 5.99. The number of hydrogen-bond acceptors (Lipinski definition) is 6. The molecule has 4 rings (SSSR count). The number of nitrogens with one attached hydrogen (secondary N) is 3. The van der Waals surface area contributed by atoms with Gasteiger partial charge in [-0.2, -0.15) is 13.2 Å². The minimum atomic E-state index is -4.83. The van der Waals surface area contributed by atoms with Crippen molar-refractivity contribution in [1.82, 2.24) is 20.3 Å². The number of fused-ring (bicyclic) bond motifs is 1. The van der Waals surface area contributed by atoms with Crippen molar-refractivity contribution in [1.29, 1.82) is 0 Å². The number of amides is 1. The van der Waals surface area contributed by atoms with E-state index >= 15 is 0 Å². The summed E-state index contributed by atoms with van der Waals surface area (Å²) >= 11 is 0. The molecule has 1 aliphatic rings. The molecule has 1 fully saturated rings. The van der Waals surface area contributed by atoms with Crippen LogP contribution in [-0.4, -0.2) is 51.8 Å². The Hall–Kier alpha value is -3.57. The lowest BCUT2D eigenvalue weighted by Crippen LogP contribution is -2.56. The second-order valence-corrected chi connectivity index (χ2v) is 9.99. The van der Waals surface area contributed by atoms with Crippen molar-refractivity contribution in [3.05, 3.63) is 47.7 Å². The Bertz CT molecular complexity index is 1270. The maximum atomic E-state index is 14.7. The number of H-pyrrole nitrogens is 1. The first kappa shape index (κ1) is 25.5. The maximum absolute atomic E-state index is 14.7. The van der Waals surface area contributed by atoms with Gasteiger partial charge in [0.15, 0.2) is 5.82 Å². The third-order valence-corrected chi connectivity index (χ3v) is 5.99. The van der Waals surface area contributed by atoms with Crippen molar-refractivity contribution in [3.8, 4) is 0 Å². The number of carbonyl (C=O) groups excluding carboxylic acids is 1. The number of rotatable bonds is 5. The molecule has 3 heterocycles. The number of anilines is 2. The highest BCUT2D eigenvalue weighted by Gasteiger charge is 2.42. The molecule has 1 atom stereocenters. The SMILES string of the molecule is Cc1c[nH]c2ncnc(N3CCC(CNc4cccc(C(F)(F)F)c4F)(NC(=O)OC(C)(C)C)C3)c12. The number of carbonyl (C=O) groups is 1. The van der Waals surface area contributed by atoms with Crippen molar-refractivity contribution in [2.24, 2.45) is 0 Å². The average Bonchev–Trinajstić information content (AvgIpc) is 3.35. The number of alkyl halides is 3. The summed E-state index contributed by atoms with van der Waals surface area (Å²) < 4.78 is 59.6. The van der Waals surface area contributed by atoms with Crippen LogP contribution in [0.15, 0.2) is 30.7 Å². The van der Waals surface area contributed by atoms with E-state index in [4.69, 9.17) is 4.74 Å². The number of nitrogens with zero attached hydrogens (tertiary/aromatic N) is 3. The first-order valence-corrected chi connectivity index (χ1v) is 11.4. The van der Waals surface area contributed by atoms with Crippen LogP contribution in [0.25, 0.3) is 11.0 Å². The van der Waals surface area contributed by atoms with E-state index in [0.29, 0.717) is 30.5 Å². The summed E-state index contributed by atoms with van der Waals surface area (Å²) in [6.45, 7) is 7.80. The number of hydrogen-bond donors (Lipinski definition) is 3. The van der Waals surface area contributed by atoms with Crippen LogP contribution in [0.4, 0.5) is 33.9 Å². The molecule has 0 bridgehead atoms. The molecule has 36 heavy (non-hydrogen) atoms. The fourth-order valence-corrected chi connectivity index (χ4v) is 4.35. The van der Waals surface area contributed by atoms with Gasteiger partial charge in [-0.15, -0.1) is 0 Å². The zero-order valence-corrected chi connectivity index (χ0v) is 20.4. The molecule has 1 amide bonds. The van der Waals surface area contributed by atoms with E-state index in [-0.39, 0.29) is 18.8 Å². The molecule has 0 saturated carbocycles. The van der Waals surface area contributed by atoms with Crippen molar-refractivity contribution >= 4 is 28.6 Å². The van der Waals surface area contributed by atoms with E-state index in [2.05, 4.69) is 25.6 Å². The van der Waals surface area contributed by atoms with Gasteiger partial charge in [-0.1, -0.05) is 6.07 Å². The fourth-order valence-electron chi connectivity index (χ4n) is 4.35. The number of aromatic amines is 1. The number of benzene rings is 1. The first-order valence-electron chi connectivity index (χ1n) is 11.4. The molecule has 8 nitrogen and oxygen atoms in total. The van der Waals surface area contributed by atoms with Crippen molar-refractivity contribution in [3.63, 3.8) is 0 Å². The molecule has 2 aromatic heterocycles. The van der Waals surface area contributed by atoms with Gasteiger partial charge in [0, 0.05) is 25.8 Å². The van der Waals surface area contributed by atoms with E-state index in [9.17, 15) is 22.4 Å². The Morgan fingerprint density at radius 3 is 2.69 bits per heavy atom. The van der Waals surface area contributed by atoms with Gasteiger partial charge in [-0.05, 0) is 51.8 Å². The second-order valence-electron chi connectivity index (χ2n) is 9.99. The predicted octanol–water partition coefficient (Wildman–Crippen LogP) is 5.01. The molecule has 0 spiro atoms. The molecule has 0 radical (unpaired) electrons. The number of halogens is 4. The van der Waals surface area contributed by atoms with Crippen LogP contribution < -0.4 is 15.5 Å². The van der Waals surface area contributed by atoms with Crippen molar-refractivity contribution in [2.45, 2.75) is 51.4 Å². The van der Waals surface area contributed by atoms with Gasteiger partial charge in [0.05, 0.1) is 22.2 Å². The second kappa shape index (κ2) is 9.14. The van der Waals surface area contributed by atoms with E-state index < -0.39 is 34.8 Å². The molecule has 1 aromatic carbocycles. The number of aryl methyl sites for hydroxylation is 1. The highest BCUT2D eigenvalue weighted by Crippen LogP contribution is 2.35. The molecule has 12 heteroatoms. The van der Waals surface area contributed by atoms with Gasteiger partial charge in [-0.3, -0.25) is 0 Å². The fraction of sp³-hybridized carbons (Fsp3) is 0.458. The van der Waals surface area contributed by atoms with E-state index in [1.807, 2.05) is 18.0 Å². The topological polar surface area (TPSA) is 95.2 Å². The monoisotopic (exact) mass is 508 g/mol. The van der Waals surface area contributed by atoms with E-state index in [0.717, 1.165) is 17.0 Å². The first-order chi connectivity index (χ1) is 16.8. The van der Waals surface area contributed by atoms with E-state index in [1.54, 1.807) is 20.8 Å². The largest absolute Gasteiger partial charge is 0.444 e. The smallest absolute Gasteiger partial charge is 0.419 e. The normalized spacial score (nSPS) is 18.5. The lowest BCUT2D eigenvalue weighted by atomic mass is 9.98. The minimum absolute atomic E-state index is 0.0404. The zero-order chi connectivity index (χ0) is 26.3. The van der Waals surface area contributed by atoms with Crippen molar-refractivity contribution in [2.75, 3.05) is 29.9 Å². The Morgan fingerprint density at radius 2 is 2.00 bits per heavy atom. The maximum Gasteiger partial charge on any atom is 0.419 e. The van der Waals surface area contributed by atoms with Gasteiger partial charge in [0.2, 0.25) is 0 Å². The summed E-state index contributed by atoms with van der Waals surface area (Å²) in [7, 11) is 0. The van der Waals surface area contributed by atoms with Crippen LogP contribution in [0, 0.1) is 12.7 Å². The summed E-state index contributed by atoms with van der Waals surface area (Å²) in [5, 5.41) is 6.50. The minimum Gasteiger partial charge on any atom is -0.444 e. The van der Waals surface area contributed by atoms with Crippen LogP contribution in [0.3, 0.4) is 0 Å². The Balaban J connectivity index is 1.62. The van der Waals surface area contributed by atoms with Gasteiger partial charge < -0.3 is 25.3 Å². The van der Waals surface area contributed by atoms with Gasteiger partial charge >= 0.3 is 12.3 Å².